The number of piperidine rings is 1. The van der Waals surface area contributed by atoms with E-state index in [1.54, 1.807) is 31.2 Å². The van der Waals surface area contributed by atoms with Crippen molar-refractivity contribution in [2.24, 2.45) is 5.92 Å². The van der Waals surface area contributed by atoms with Crippen molar-refractivity contribution >= 4 is 41.1 Å². The lowest BCUT2D eigenvalue weighted by Crippen LogP contribution is -2.41. The molecule has 0 unspecified atom stereocenters. The fraction of sp³-hybridized carbons (Fsp3) is 0.458. The minimum absolute atomic E-state index is 0.0538. The van der Waals surface area contributed by atoms with Crippen molar-refractivity contribution in [1.29, 1.82) is 0 Å². The highest BCUT2D eigenvalue weighted by molar-refractivity contribution is 7.99. The molecule has 0 spiro atoms. The number of nitrogens with zero attached hydrogens (tertiary/aromatic N) is 3. The maximum absolute atomic E-state index is 12.4. The number of thioether (sulfide) groups is 1. The third-order valence-electron chi connectivity index (χ3n) is 5.41. The molecule has 2 N–H and O–H groups in total. The molecule has 10 heteroatoms. The van der Waals surface area contributed by atoms with Crippen molar-refractivity contribution in [1.82, 2.24) is 15.5 Å². The molecule has 1 saturated heterocycles. The van der Waals surface area contributed by atoms with Gasteiger partial charge in [0.1, 0.15) is 5.03 Å². The van der Waals surface area contributed by atoms with Crippen molar-refractivity contribution in [3.8, 4) is 0 Å². The molecular formula is C24H31N5O4S. The van der Waals surface area contributed by atoms with Crippen molar-refractivity contribution in [2.75, 3.05) is 42.2 Å². The van der Waals surface area contributed by atoms with E-state index >= 15 is 0 Å². The highest BCUT2D eigenvalue weighted by Crippen LogP contribution is 2.24. The number of ether oxygens (including phenoxy) is 1. The van der Waals surface area contributed by atoms with Gasteiger partial charge in [-0.15, -0.1) is 10.2 Å². The van der Waals surface area contributed by atoms with E-state index in [0.717, 1.165) is 44.7 Å². The number of benzene rings is 1. The zero-order valence-corrected chi connectivity index (χ0v) is 20.4. The van der Waals surface area contributed by atoms with Gasteiger partial charge in [0.25, 0.3) is 0 Å². The molecule has 2 amide bonds. The van der Waals surface area contributed by atoms with Crippen molar-refractivity contribution in [3.05, 3.63) is 42.0 Å². The molecular weight excluding hydrogens is 454 g/mol. The van der Waals surface area contributed by atoms with Crippen LogP contribution in [0.5, 0.6) is 0 Å². The summed E-state index contributed by atoms with van der Waals surface area (Å²) in [4.78, 5) is 38.8. The van der Waals surface area contributed by atoms with E-state index in [1.807, 2.05) is 19.1 Å². The third-order valence-corrected chi connectivity index (χ3v) is 6.33. The fourth-order valence-electron chi connectivity index (χ4n) is 3.63. The molecule has 1 fully saturated rings. The van der Waals surface area contributed by atoms with Crippen molar-refractivity contribution in [2.45, 2.75) is 38.1 Å². The molecule has 0 radical (unpaired) electrons. The second-order valence-corrected chi connectivity index (χ2v) is 8.88. The van der Waals surface area contributed by atoms with Gasteiger partial charge in [0, 0.05) is 25.6 Å². The first kappa shape index (κ1) is 25.5. The molecule has 1 aromatic heterocycles. The van der Waals surface area contributed by atoms with Crippen LogP contribution in [-0.2, 0) is 14.3 Å². The van der Waals surface area contributed by atoms with Gasteiger partial charge in [-0.3, -0.25) is 9.59 Å². The second kappa shape index (κ2) is 12.9. The second-order valence-electron chi connectivity index (χ2n) is 7.89. The number of rotatable bonds is 10. The van der Waals surface area contributed by atoms with Crippen LogP contribution in [0.3, 0.4) is 0 Å². The van der Waals surface area contributed by atoms with Gasteiger partial charge in [0.2, 0.25) is 11.8 Å². The van der Waals surface area contributed by atoms with Gasteiger partial charge in [-0.2, -0.15) is 0 Å². The Morgan fingerprint density at radius 1 is 1.09 bits per heavy atom. The van der Waals surface area contributed by atoms with Gasteiger partial charge in [-0.1, -0.05) is 30.8 Å². The maximum Gasteiger partial charge on any atom is 0.340 e. The van der Waals surface area contributed by atoms with Gasteiger partial charge in [-0.25, -0.2) is 4.79 Å². The predicted octanol–water partition coefficient (Wildman–Crippen LogP) is 3.13. The summed E-state index contributed by atoms with van der Waals surface area (Å²) in [6, 6.07) is 10.5. The Morgan fingerprint density at radius 3 is 2.53 bits per heavy atom. The molecule has 9 nitrogen and oxygen atoms in total. The molecule has 2 aromatic rings. The largest absolute Gasteiger partial charge is 0.462 e. The van der Waals surface area contributed by atoms with Crippen LogP contribution in [0.2, 0.25) is 0 Å². The van der Waals surface area contributed by atoms with E-state index in [9.17, 15) is 14.4 Å². The average Bonchev–Trinajstić information content (AvgIpc) is 2.87. The Labute approximate surface area is 204 Å². The summed E-state index contributed by atoms with van der Waals surface area (Å²) < 4.78 is 5.04. The van der Waals surface area contributed by atoms with Crippen LogP contribution in [0.25, 0.3) is 0 Å². The first-order chi connectivity index (χ1) is 16.5. The van der Waals surface area contributed by atoms with Crippen LogP contribution >= 0.6 is 11.8 Å². The lowest BCUT2D eigenvalue weighted by atomic mass is 9.96. The Hall–Kier alpha value is -3.14. The number of esters is 1. The molecule has 1 aliphatic heterocycles. The number of carbonyl (C=O) groups is 3. The van der Waals surface area contributed by atoms with E-state index in [1.165, 1.54) is 11.8 Å². The van der Waals surface area contributed by atoms with E-state index in [4.69, 9.17) is 4.74 Å². The van der Waals surface area contributed by atoms with Crippen LogP contribution in [0.1, 0.15) is 43.5 Å². The topological polar surface area (TPSA) is 114 Å². The van der Waals surface area contributed by atoms with Gasteiger partial charge >= 0.3 is 5.97 Å². The van der Waals surface area contributed by atoms with Crippen LogP contribution in [-0.4, -0.2) is 60.0 Å². The molecule has 0 aliphatic carbocycles. The zero-order chi connectivity index (χ0) is 24.3. The van der Waals surface area contributed by atoms with Crippen LogP contribution in [0, 0.1) is 5.92 Å². The summed E-state index contributed by atoms with van der Waals surface area (Å²) in [7, 11) is 0. The predicted molar refractivity (Wildman–Crippen MR) is 132 cm³/mol. The Morgan fingerprint density at radius 2 is 1.85 bits per heavy atom. The van der Waals surface area contributed by atoms with E-state index in [2.05, 4.69) is 25.7 Å². The smallest absolute Gasteiger partial charge is 0.340 e. The van der Waals surface area contributed by atoms with Crippen LogP contribution < -0.4 is 15.5 Å². The molecule has 1 aliphatic rings. The number of anilines is 2. The number of hydrogen-bond donors (Lipinski definition) is 2. The Balaban J connectivity index is 1.47. The number of amides is 2. The number of carbonyl (C=O) groups excluding carboxylic acids is 3. The first-order valence-electron chi connectivity index (χ1n) is 11.6. The summed E-state index contributed by atoms with van der Waals surface area (Å²) in [6.07, 6.45) is 2.52. The van der Waals surface area contributed by atoms with E-state index in [0.29, 0.717) is 16.3 Å². The monoisotopic (exact) mass is 485 g/mol. The van der Waals surface area contributed by atoms with Crippen LogP contribution in [0.4, 0.5) is 11.5 Å². The molecule has 0 bridgehead atoms. The van der Waals surface area contributed by atoms with Crippen molar-refractivity contribution in [3.63, 3.8) is 0 Å². The third kappa shape index (κ3) is 7.18. The zero-order valence-electron chi connectivity index (χ0n) is 19.6. The van der Waals surface area contributed by atoms with Gasteiger partial charge in [0.15, 0.2) is 5.82 Å². The Kier molecular flexibility index (Phi) is 9.69. The molecule has 0 saturated carbocycles. The van der Waals surface area contributed by atoms with Crippen LogP contribution in [0.15, 0.2) is 41.4 Å². The normalized spacial score (nSPS) is 13.9. The minimum atomic E-state index is -0.474. The van der Waals surface area contributed by atoms with Crippen molar-refractivity contribution < 1.29 is 19.1 Å². The van der Waals surface area contributed by atoms with Gasteiger partial charge < -0.3 is 20.3 Å². The van der Waals surface area contributed by atoms with E-state index in [-0.39, 0.29) is 30.1 Å². The summed E-state index contributed by atoms with van der Waals surface area (Å²) in [6.45, 7) is 6.27. The lowest BCUT2D eigenvalue weighted by Gasteiger charge is -2.31. The van der Waals surface area contributed by atoms with Gasteiger partial charge in [-0.05, 0) is 50.5 Å². The fourth-order valence-corrected chi connectivity index (χ4v) is 4.24. The van der Waals surface area contributed by atoms with E-state index < -0.39 is 5.97 Å². The summed E-state index contributed by atoms with van der Waals surface area (Å²) >= 11 is 1.27. The number of hydrogen-bond acceptors (Lipinski definition) is 8. The quantitative estimate of drug-likeness (QED) is 0.390. The lowest BCUT2D eigenvalue weighted by molar-refractivity contribution is -0.125. The molecule has 1 aromatic carbocycles. The minimum Gasteiger partial charge on any atom is -0.462 e. The molecule has 182 valence electrons. The summed E-state index contributed by atoms with van der Waals surface area (Å²) in [5.74, 6) is 0.364. The molecule has 3 rings (SSSR count). The standard InChI is InChI=1S/C24H31N5O4S/c1-3-13-25-23(31)17-11-14-29(15-12-17)20-9-10-22(28-27-20)34-16-21(30)26-19-8-6-5-7-18(19)24(32)33-4-2/h5-10,17H,3-4,11-16H2,1-2H3,(H,25,31)(H,26,30). The van der Waals surface area contributed by atoms with Gasteiger partial charge in [0.05, 0.1) is 23.6 Å². The maximum atomic E-state index is 12.4. The number of aromatic nitrogens is 2. The number of para-hydroxylation sites is 1. The highest BCUT2D eigenvalue weighted by atomic mass is 32.2. The first-order valence-corrected chi connectivity index (χ1v) is 12.6. The SMILES string of the molecule is CCCNC(=O)C1CCN(c2ccc(SCC(=O)Nc3ccccc3C(=O)OCC)nn2)CC1. The molecule has 0 atom stereocenters. The molecule has 34 heavy (non-hydrogen) atoms. The summed E-state index contributed by atoms with van der Waals surface area (Å²) in [5.41, 5.74) is 0.734. The average molecular weight is 486 g/mol. The highest BCUT2D eigenvalue weighted by Gasteiger charge is 2.25. The number of nitrogens with one attached hydrogen (secondary N) is 2. The Bertz CT molecular complexity index is 978. The molecule has 2 heterocycles. The summed E-state index contributed by atoms with van der Waals surface area (Å²) in [5, 5.41) is 14.9.